The van der Waals surface area contributed by atoms with Gasteiger partial charge in [-0.05, 0) is 31.0 Å². The zero-order valence-electron chi connectivity index (χ0n) is 11.0. The molecule has 0 saturated carbocycles. The second-order valence-corrected chi connectivity index (χ2v) is 4.62. The Morgan fingerprint density at radius 2 is 1.84 bits per heavy atom. The molecule has 0 amide bonds. The average Bonchev–Trinajstić information content (AvgIpc) is 2.36. The third-order valence-electron chi connectivity index (χ3n) is 2.91. The minimum Gasteiger partial charge on any atom is -0.375 e. The van der Waals surface area contributed by atoms with Gasteiger partial charge < -0.3 is 5.32 Å². The Bertz CT molecular complexity index is 609. The normalized spacial score (nSPS) is 10.2. The van der Waals surface area contributed by atoms with Crippen LogP contribution in [0.1, 0.15) is 16.7 Å². The first-order valence-corrected chi connectivity index (χ1v) is 6.11. The van der Waals surface area contributed by atoms with Crippen LogP contribution < -0.4 is 5.32 Å². The van der Waals surface area contributed by atoms with E-state index in [2.05, 4.69) is 11.4 Å². The van der Waals surface area contributed by atoms with Gasteiger partial charge in [0.1, 0.15) is 5.69 Å². The first-order valence-electron chi connectivity index (χ1n) is 6.11. The first kappa shape index (κ1) is 13.1. The SMILES string of the molecule is Cc1cccc(CNc2cc(C)ccc2[N+](=O)[O-])c1. The van der Waals surface area contributed by atoms with Crippen LogP contribution in [-0.4, -0.2) is 4.92 Å². The molecule has 0 aliphatic heterocycles. The zero-order valence-corrected chi connectivity index (χ0v) is 11.0. The third kappa shape index (κ3) is 3.31. The molecule has 2 aromatic rings. The van der Waals surface area contributed by atoms with Gasteiger partial charge in [0, 0.05) is 12.6 Å². The summed E-state index contributed by atoms with van der Waals surface area (Å²) < 4.78 is 0. The summed E-state index contributed by atoms with van der Waals surface area (Å²) in [5.74, 6) is 0. The molecular formula is C15H16N2O2. The van der Waals surface area contributed by atoms with Crippen molar-refractivity contribution in [2.24, 2.45) is 0 Å². The molecule has 1 N–H and O–H groups in total. The second-order valence-electron chi connectivity index (χ2n) is 4.62. The minimum atomic E-state index is -0.363. The number of nitrogens with one attached hydrogen (secondary N) is 1. The molecule has 0 fully saturated rings. The molecule has 0 aromatic heterocycles. The Balaban J connectivity index is 2.19. The summed E-state index contributed by atoms with van der Waals surface area (Å²) in [6.45, 7) is 4.52. The fourth-order valence-corrected chi connectivity index (χ4v) is 1.97. The molecule has 0 bridgehead atoms. The van der Waals surface area contributed by atoms with Crippen molar-refractivity contribution in [1.82, 2.24) is 0 Å². The number of hydrogen-bond donors (Lipinski definition) is 1. The predicted octanol–water partition coefficient (Wildman–Crippen LogP) is 3.82. The lowest BCUT2D eigenvalue weighted by atomic mass is 10.1. The van der Waals surface area contributed by atoms with Crippen molar-refractivity contribution in [3.63, 3.8) is 0 Å². The monoisotopic (exact) mass is 256 g/mol. The lowest BCUT2D eigenvalue weighted by Crippen LogP contribution is -2.03. The molecule has 0 atom stereocenters. The van der Waals surface area contributed by atoms with Gasteiger partial charge in [-0.2, -0.15) is 0 Å². The lowest BCUT2D eigenvalue weighted by Gasteiger charge is -2.08. The van der Waals surface area contributed by atoms with Crippen molar-refractivity contribution < 1.29 is 4.92 Å². The number of nitro benzene ring substituents is 1. The van der Waals surface area contributed by atoms with Crippen LogP contribution >= 0.6 is 0 Å². The highest BCUT2D eigenvalue weighted by Gasteiger charge is 2.12. The maximum absolute atomic E-state index is 11.0. The Kier molecular flexibility index (Phi) is 3.80. The van der Waals surface area contributed by atoms with Gasteiger partial charge in [0.05, 0.1) is 4.92 Å². The molecule has 0 radical (unpaired) electrons. The van der Waals surface area contributed by atoms with Crippen molar-refractivity contribution in [2.75, 3.05) is 5.32 Å². The topological polar surface area (TPSA) is 55.2 Å². The van der Waals surface area contributed by atoms with Crippen LogP contribution in [0.15, 0.2) is 42.5 Å². The van der Waals surface area contributed by atoms with Gasteiger partial charge in [-0.25, -0.2) is 0 Å². The molecule has 0 aliphatic rings. The summed E-state index contributed by atoms with van der Waals surface area (Å²) in [5.41, 5.74) is 3.95. The van der Waals surface area contributed by atoms with Gasteiger partial charge in [-0.15, -0.1) is 0 Å². The van der Waals surface area contributed by atoms with Gasteiger partial charge in [0.2, 0.25) is 0 Å². The highest BCUT2D eigenvalue weighted by molar-refractivity contribution is 5.62. The Hall–Kier alpha value is -2.36. The standard InChI is InChI=1S/C15H16N2O2/c1-11-4-3-5-13(8-11)10-16-14-9-12(2)6-7-15(14)17(18)19/h3-9,16H,10H2,1-2H3. The smallest absolute Gasteiger partial charge is 0.292 e. The minimum absolute atomic E-state index is 0.109. The molecule has 98 valence electrons. The van der Waals surface area contributed by atoms with E-state index >= 15 is 0 Å². The highest BCUT2D eigenvalue weighted by Crippen LogP contribution is 2.25. The number of hydrogen-bond acceptors (Lipinski definition) is 3. The highest BCUT2D eigenvalue weighted by atomic mass is 16.6. The first-order chi connectivity index (χ1) is 9.06. The molecule has 2 rings (SSSR count). The van der Waals surface area contributed by atoms with E-state index in [1.807, 2.05) is 32.0 Å². The predicted molar refractivity (Wildman–Crippen MR) is 76.3 cm³/mol. The Morgan fingerprint density at radius 3 is 2.53 bits per heavy atom. The van der Waals surface area contributed by atoms with Crippen LogP contribution in [0.25, 0.3) is 0 Å². The van der Waals surface area contributed by atoms with E-state index in [0.29, 0.717) is 12.2 Å². The zero-order chi connectivity index (χ0) is 13.8. The molecule has 19 heavy (non-hydrogen) atoms. The van der Waals surface area contributed by atoms with E-state index < -0.39 is 0 Å². The molecule has 0 unspecified atom stereocenters. The van der Waals surface area contributed by atoms with E-state index in [4.69, 9.17) is 0 Å². The van der Waals surface area contributed by atoms with Crippen molar-refractivity contribution >= 4 is 11.4 Å². The fourth-order valence-electron chi connectivity index (χ4n) is 1.97. The Morgan fingerprint density at radius 1 is 1.11 bits per heavy atom. The van der Waals surface area contributed by atoms with E-state index in [0.717, 1.165) is 11.1 Å². The van der Waals surface area contributed by atoms with Crippen molar-refractivity contribution in [2.45, 2.75) is 20.4 Å². The number of aryl methyl sites for hydroxylation is 2. The number of nitro groups is 1. The maximum atomic E-state index is 11.0. The fraction of sp³-hybridized carbons (Fsp3) is 0.200. The third-order valence-corrected chi connectivity index (χ3v) is 2.91. The van der Waals surface area contributed by atoms with Crippen LogP contribution in [0.5, 0.6) is 0 Å². The summed E-state index contributed by atoms with van der Waals surface area (Å²) in [7, 11) is 0. The van der Waals surface area contributed by atoms with Gasteiger partial charge in [-0.1, -0.05) is 35.9 Å². The van der Waals surface area contributed by atoms with Crippen LogP contribution in [0.3, 0.4) is 0 Å². The molecule has 4 nitrogen and oxygen atoms in total. The number of nitrogens with zero attached hydrogens (tertiary/aromatic N) is 1. The van der Waals surface area contributed by atoms with Gasteiger partial charge >= 0.3 is 0 Å². The summed E-state index contributed by atoms with van der Waals surface area (Å²) in [6, 6.07) is 13.2. The van der Waals surface area contributed by atoms with Crippen molar-refractivity contribution in [1.29, 1.82) is 0 Å². The molecule has 2 aromatic carbocycles. The van der Waals surface area contributed by atoms with Gasteiger partial charge in [-0.3, -0.25) is 10.1 Å². The number of anilines is 1. The van der Waals surface area contributed by atoms with Crippen LogP contribution in [-0.2, 0) is 6.54 Å². The van der Waals surface area contributed by atoms with Crippen LogP contribution in [0.2, 0.25) is 0 Å². The molecule has 4 heteroatoms. The second kappa shape index (κ2) is 5.52. The summed E-state index contributed by atoms with van der Waals surface area (Å²) in [5, 5.41) is 14.1. The number of benzene rings is 2. The molecule has 0 aliphatic carbocycles. The average molecular weight is 256 g/mol. The van der Waals surface area contributed by atoms with E-state index in [9.17, 15) is 10.1 Å². The summed E-state index contributed by atoms with van der Waals surface area (Å²) in [4.78, 5) is 10.6. The van der Waals surface area contributed by atoms with Crippen molar-refractivity contribution in [3.8, 4) is 0 Å². The van der Waals surface area contributed by atoms with Crippen LogP contribution in [0.4, 0.5) is 11.4 Å². The number of rotatable bonds is 4. The van der Waals surface area contributed by atoms with Crippen LogP contribution in [0, 0.1) is 24.0 Å². The molecule has 0 heterocycles. The molecule has 0 saturated heterocycles. The summed E-state index contributed by atoms with van der Waals surface area (Å²) >= 11 is 0. The van der Waals surface area contributed by atoms with Crippen molar-refractivity contribution in [3.05, 3.63) is 69.3 Å². The summed E-state index contributed by atoms with van der Waals surface area (Å²) in [6.07, 6.45) is 0. The largest absolute Gasteiger partial charge is 0.375 e. The van der Waals surface area contributed by atoms with Gasteiger partial charge in [0.25, 0.3) is 5.69 Å². The van der Waals surface area contributed by atoms with E-state index in [1.54, 1.807) is 12.1 Å². The quantitative estimate of drug-likeness (QED) is 0.668. The maximum Gasteiger partial charge on any atom is 0.292 e. The molecular weight excluding hydrogens is 240 g/mol. The Labute approximate surface area is 112 Å². The lowest BCUT2D eigenvalue weighted by molar-refractivity contribution is -0.384. The van der Waals surface area contributed by atoms with E-state index in [1.165, 1.54) is 11.6 Å². The van der Waals surface area contributed by atoms with E-state index in [-0.39, 0.29) is 10.6 Å². The van der Waals surface area contributed by atoms with Gasteiger partial charge in [0.15, 0.2) is 0 Å². The molecule has 0 spiro atoms.